The first-order valence-electron chi connectivity index (χ1n) is 6.93. The zero-order valence-corrected chi connectivity index (χ0v) is 10.5. The van der Waals surface area contributed by atoms with Crippen LogP contribution in [0.2, 0.25) is 0 Å². The van der Waals surface area contributed by atoms with Crippen LogP contribution in [0.25, 0.3) is 0 Å². The van der Waals surface area contributed by atoms with Crippen LogP contribution in [0.4, 0.5) is 11.9 Å². The van der Waals surface area contributed by atoms with E-state index in [9.17, 15) is 0 Å². The Morgan fingerprint density at radius 2 is 1.67 bits per heavy atom. The highest BCUT2D eigenvalue weighted by Gasteiger charge is 2.51. The molecule has 1 aromatic rings. The first kappa shape index (κ1) is 10.5. The van der Waals surface area contributed by atoms with Gasteiger partial charge >= 0.3 is 0 Å². The van der Waals surface area contributed by atoms with Gasteiger partial charge in [-0.3, -0.25) is 0 Å². The van der Waals surface area contributed by atoms with Crippen molar-refractivity contribution in [2.45, 2.75) is 44.1 Å². The van der Waals surface area contributed by atoms with Gasteiger partial charge in [0.05, 0.1) is 0 Å². The summed E-state index contributed by atoms with van der Waals surface area (Å²) in [7, 11) is 0. The number of nitrogen functional groups attached to an aromatic ring is 1. The Labute approximate surface area is 107 Å². The van der Waals surface area contributed by atoms with Crippen molar-refractivity contribution in [3.05, 3.63) is 6.33 Å². The molecule has 4 aliphatic rings. The van der Waals surface area contributed by atoms with Crippen molar-refractivity contribution in [2.24, 2.45) is 17.8 Å². The molecule has 0 saturated heterocycles. The molecule has 0 unspecified atom stereocenters. The van der Waals surface area contributed by atoms with Gasteiger partial charge in [0, 0.05) is 5.54 Å². The lowest BCUT2D eigenvalue weighted by Crippen LogP contribution is -2.55. The van der Waals surface area contributed by atoms with Crippen molar-refractivity contribution in [3.8, 4) is 0 Å². The molecule has 0 radical (unpaired) electrons. The molecule has 5 rings (SSSR count). The zero-order chi connectivity index (χ0) is 12.2. The highest BCUT2D eigenvalue weighted by atomic mass is 15.2. The van der Waals surface area contributed by atoms with Crippen LogP contribution in [0.5, 0.6) is 0 Å². The van der Waals surface area contributed by atoms with Gasteiger partial charge in [0.25, 0.3) is 0 Å². The van der Waals surface area contributed by atoms with E-state index >= 15 is 0 Å². The lowest BCUT2D eigenvalue weighted by Gasteiger charge is -2.56. The fourth-order valence-corrected chi connectivity index (χ4v) is 4.87. The zero-order valence-electron chi connectivity index (χ0n) is 10.5. The second-order valence-corrected chi connectivity index (χ2v) is 6.49. The van der Waals surface area contributed by atoms with Gasteiger partial charge in [-0.1, -0.05) is 0 Å². The van der Waals surface area contributed by atoms with Crippen molar-refractivity contribution in [1.29, 1.82) is 0 Å². The fourth-order valence-electron chi connectivity index (χ4n) is 4.87. The minimum Gasteiger partial charge on any atom is -0.368 e. The topological polar surface area (TPSA) is 76.7 Å². The van der Waals surface area contributed by atoms with Crippen LogP contribution in [-0.2, 0) is 0 Å². The molecule has 96 valence electrons. The number of rotatable bonds is 2. The molecule has 4 aliphatic carbocycles. The van der Waals surface area contributed by atoms with Gasteiger partial charge in [-0.05, 0) is 56.3 Å². The molecule has 18 heavy (non-hydrogen) atoms. The third-order valence-corrected chi connectivity index (χ3v) is 5.01. The summed E-state index contributed by atoms with van der Waals surface area (Å²) in [6.45, 7) is 0. The van der Waals surface area contributed by atoms with E-state index in [0.29, 0.717) is 11.9 Å². The van der Waals surface area contributed by atoms with Crippen molar-refractivity contribution in [1.82, 2.24) is 15.0 Å². The Morgan fingerprint density at radius 1 is 1.06 bits per heavy atom. The van der Waals surface area contributed by atoms with Gasteiger partial charge in [-0.25, -0.2) is 9.97 Å². The monoisotopic (exact) mass is 245 g/mol. The van der Waals surface area contributed by atoms with Crippen LogP contribution in [0, 0.1) is 17.8 Å². The van der Waals surface area contributed by atoms with Crippen LogP contribution < -0.4 is 11.1 Å². The first-order chi connectivity index (χ1) is 8.71. The van der Waals surface area contributed by atoms with Gasteiger partial charge in [-0.15, -0.1) is 0 Å². The highest BCUT2D eigenvalue weighted by Crippen LogP contribution is 2.56. The van der Waals surface area contributed by atoms with Crippen LogP contribution >= 0.6 is 0 Å². The number of hydrogen-bond acceptors (Lipinski definition) is 5. The van der Waals surface area contributed by atoms with Gasteiger partial charge in [0.15, 0.2) is 0 Å². The summed E-state index contributed by atoms with van der Waals surface area (Å²) in [5.41, 5.74) is 5.86. The standard InChI is InChI=1S/C13H19N5/c14-11-15-7-16-12(17-11)18-13-4-8-1-9(5-13)3-10(2-8)6-13/h7-10H,1-6H2,(H3,14,15,16,17,18). The summed E-state index contributed by atoms with van der Waals surface area (Å²) < 4.78 is 0. The minimum atomic E-state index is 0.239. The van der Waals surface area contributed by atoms with E-state index in [0.717, 1.165) is 17.8 Å². The molecule has 1 aromatic heterocycles. The smallest absolute Gasteiger partial charge is 0.227 e. The molecule has 4 fully saturated rings. The number of aromatic nitrogens is 3. The molecule has 0 aromatic carbocycles. The third-order valence-electron chi connectivity index (χ3n) is 5.01. The minimum absolute atomic E-state index is 0.239. The van der Waals surface area contributed by atoms with E-state index in [4.69, 9.17) is 5.73 Å². The molecule has 1 heterocycles. The van der Waals surface area contributed by atoms with Crippen LogP contribution in [0.1, 0.15) is 38.5 Å². The van der Waals surface area contributed by atoms with Crippen molar-refractivity contribution >= 4 is 11.9 Å². The van der Waals surface area contributed by atoms with Crippen molar-refractivity contribution < 1.29 is 0 Å². The fraction of sp³-hybridized carbons (Fsp3) is 0.769. The molecule has 4 saturated carbocycles. The first-order valence-corrected chi connectivity index (χ1v) is 6.93. The molecular formula is C13H19N5. The molecule has 0 amide bonds. The average molecular weight is 245 g/mol. The number of nitrogens with two attached hydrogens (primary N) is 1. The van der Waals surface area contributed by atoms with Gasteiger partial charge in [0.2, 0.25) is 11.9 Å². The van der Waals surface area contributed by atoms with Gasteiger partial charge in [-0.2, -0.15) is 4.98 Å². The molecule has 0 spiro atoms. The summed E-state index contributed by atoms with van der Waals surface area (Å²) in [6.07, 6.45) is 9.67. The van der Waals surface area contributed by atoms with E-state index in [2.05, 4.69) is 20.3 Å². The van der Waals surface area contributed by atoms with Crippen LogP contribution in [0.15, 0.2) is 6.33 Å². The molecule has 4 bridgehead atoms. The Bertz CT molecular complexity index is 437. The van der Waals surface area contributed by atoms with E-state index in [1.165, 1.54) is 44.9 Å². The van der Waals surface area contributed by atoms with E-state index in [1.807, 2.05) is 0 Å². The summed E-state index contributed by atoms with van der Waals surface area (Å²) in [5.74, 6) is 3.72. The normalized spacial score (nSPS) is 41.0. The Balaban J connectivity index is 1.60. The molecule has 0 atom stereocenters. The third kappa shape index (κ3) is 1.64. The van der Waals surface area contributed by atoms with Crippen molar-refractivity contribution in [3.63, 3.8) is 0 Å². The average Bonchev–Trinajstić information content (AvgIpc) is 2.25. The SMILES string of the molecule is Nc1ncnc(NC23CC4CC(CC(C4)C2)C3)n1. The second-order valence-electron chi connectivity index (χ2n) is 6.49. The second kappa shape index (κ2) is 3.56. The summed E-state index contributed by atoms with van der Waals surface area (Å²) in [5, 5.41) is 3.59. The molecule has 0 aliphatic heterocycles. The van der Waals surface area contributed by atoms with Crippen LogP contribution in [-0.4, -0.2) is 20.5 Å². The number of hydrogen-bond donors (Lipinski definition) is 2. The Morgan fingerprint density at radius 3 is 2.22 bits per heavy atom. The lowest BCUT2D eigenvalue weighted by atomic mass is 9.53. The molecular weight excluding hydrogens is 226 g/mol. The Hall–Kier alpha value is -1.39. The van der Waals surface area contributed by atoms with Crippen molar-refractivity contribution in [2.75, 3.05) is 11.1 Å². The summed E-state index contributed by atoms with van der Waals surface area (Å²) >= 11 is 0. The van der Waals surface area contributed by atoms with E-state index < -0.39 is 0 Å². The predicted octanol–water partition coefficient (Wildman–Crippen LogP) is 1.83. The maximum Gasteiger partial charge on any atom is 0.227 e. The summed E-state index contributed by atoms with van der Waals surface area (Å²) in [6, 6.07) is 0. The highest BCUT2D eigenvalue weighted by molar-refractivity contribution is 5.34. The van der Waals surface area contributed by atoms with Crippen LogP contribution in [0.3, 0.4) is 0 Å². The number of nitrogens with zero attached hydrogens (tertiary/aromatic N) is 3. The maximum atomic E-state index is 5.62. The quantitative estimate of drug-likeness (QED) is 0.831. The predicted molar refractivity (Wildman–Crippen MR) is 68.8 cm³/mol. The van der Waals surface area contributed by atoms with E-state index in [-0.39, 0.29) is 5.54 Å². The maximum absolute atomic E-state index is 5.62. The van der Waals surface area contributed by atoms with Gasteiger partial charge in [0.1, 0.15) is 6.33 Å². The number of nitrogens with one attached hydrogen (secondary N) is 1. The van der Waals surface area contributed by atoms with Gasteiger partial charge < -0.3 is 11.1 Å². The molecule has 3 N–H and O–H groups in total. The van der Waals surface area contributed by atoms with E-state index in [1.54, 1.807) is 0 Å². The largest absolute Gasteiger partial charge is 0.368 e. The number of anilines is 2. The summed E-state index contributed by atoms with van der Waals surface area (Å²) in [4.78, 5) is 12.2. The Kier molecular flexibility index (Phi) is 2.08. The lowest BCUT2D eigenvalue weighted by molar-refractivity contribution is 0.0103. The molecule has 5 heteroatoms. The molecule has 5 nitrogen and oxygen atoms in total.